The van der Waals surface area contributed by atoms with Crippen molar-refractivity contribution < 1.29 is 14.1 Å². The van der Waals surface area contributed by atoms with Crippen LogP contribution in [0.25, 0.3) is 0 Å². The summed E-state index contributed by atoms with van der Waals surface area (Å²) in [6.07, 6.45) is 1.42. The number of benzene rings is 1. The van der Waals surface area contributed by atoms with Gasteiger partial charge < -0.3 is 10.5 Å². The third kappa shape index (κ3) is 2.69. The van der Waals surface area contributed by atoms with Crippen molar-refractivity contribution >= 4 is 11.5 Å². The average molecular weight is 276 g/mol. The zero-order valence-electron chi connectivity index (χ0n) is 10.0. The molecule has 8 heteroatoms. The quantitative estimate of drug-likeness (QED) is 0.384. The lowest BCUT2D eigenvalue weighted by Gasteiger charge is -2.08. The highest BCUT2D eigenvalue weighted by atomic mass is 19.1. The number of nitrogens with zero attached hydrogens (tertiary/aromatic N) is 2. The van der Waals surface area contributed by atoms with Gasteiger partial charge in [0, 0.05) is 18.3 Å². The molecule has 1 aromatic carbocycles. The van der Waals surface area contributed by atoms with Crippen molar-refractivity contribution in [3.8, 4) is 11.6 Å². The van der Waals surface area contributed by atoms with E-state index in [9.17, 15) is 14.5 Å². The first-order valence-electron chi connectivity index (χ1n) is 5.40. The Hall–Kier alpha value is -3.03. The van der Waals surface area contributed by atoms with Gasteiger partial charge in [-0.2, -0.15) is 4.39 Å². The largest absolute Gasteiger partial charge is 0.438 e. The van der Waals surface area contributed by atoms with Crippen LogP contribution in [0.4, 0.5) is 10.1 Å². The molecule has 0 bridgehead atoms. The summed E-state index contributed by atoms with van der Waals surface area (Å²) >= 11 is 0. The van der Waals surface area contributed by atoms with Crippen LogP contribution in [0.3, 0.4) is 0 Å². The zero-order valence-corrected chi connectivity index (χ0v) is 10.0. The minimum atomic E-state index is -1.02. The van der Waals surface area contributed by atoms with E-state index >= 15 is 0 Å². The number of hydrogen-bond acceptors (Lipinski definition) is 5. The highest BCUT2D eigenvalue weighted by molar-refractivity contribution is 5.97. The van der Waals surface area contributed by atoms with Crippen molar-refractivity contribution in [1.82, 2.24) is 4.98 Å². The number of aromatic nitrogens is 1. The van der Waals surface area contributed by atoms with Gasteiger partial charge in [0.05, 0.1) is 10.5 Å². The molecule has 0 saturated carbocycles. The van der Waals surface area contributed by atoms with Crippen LogP contribution < -0.4 is 10.5 Å². The normalized spacial score (nSPS) is 10.1. The lowest BCUT2D eigenvalue weighted by molar-refractivity contribution is -0.387. The third-order valence-corrected chi connectivity index (χ3v) is 2.39. The van der Waals surface area contributed by atoms with Gasteiger partial charge in [-0.3, -0.25) is 15.5 Å². The molecule has 7 nitrogen and oxygen atoms in total. The monoisotopic (exact) mass is 276 g/mol. The second-order valence-electron chi connectivity index (χ2n) is 3.74. The summed E-state index contributed by atoms with van der Waals surface area (Å²) in [7, 11) is 0. The van der Waals surface area contributed by atoms with Crippen LogP contribution >= 0.6 is 0 Å². The maximum Gasteiger partial charge on any atom is 0.305 e. The molecule has 0 aliphatic heterocycles. The van der Waals surface area contributed by atoms with Crippen LogP contribution in [-0.2, 0) is 0 Å². The number of nitrogens with one attached hydrogen (secondary N) is 1. The van der Waals surface area contributed by atoms with Crippen molar-refractivity contribution in [1.29, 1.82) is 5.41 Å². The van der Waals surface area contributed by atoms with Gasteiger partial charge >= 0.3 is 5.69 Å². The van der Waals surface area contributed by atoms with Gasteiger partial charge in [0.1, 0.15) is 11.6 Å². The van der Waals surface area contributed by atoms with Gasteiger partial charge in [0.2, 0.25) is 11.7 Å². The van der Waals surface area contributed by atoms with Gasteiger partial charge in [0.25, 0.3) is 0 Å². The zero-order chi connectivity index (χ0) is 14.7. The van der Waals surface area contributed by atoms with Gasteiger partial charge in [0.15, 0.2) is 0 Å². The summed E-state index contributed by atoms with van der Waals surface area (Å²) in [6, 6.07) is 6.18. The van der Waals surface area contributed by atoms with Gasteiger partial charge in [-0.15, -0.1) is 0 Å². The number of rotatable bonds is 4. The van der Waals surface area contributed by atoms with Crippen LogP contribution in [0.5, 0.6) is 11.6 Å². The molecule has 2 rings (SSSR count). The van der Waals surface area contributed by atoms with Gasteiger partial charge in [-0.1, -0.05) is 0 Å². The van der Waals surface area contributed by atoms with Gasteiger partial charge in [-0.25, -0.2) is 4.98 Å². The number of nitrogens with two attached hydrogens (primary N) is 1. The Morgan fingerprint density at radius 1 is 1.45 bits per heavy atom. The molecule has 1 aromatic heterocycles. The lowest BCUT2D eigenvalue weighted by Crippen LogP contribution is -2.12. The van der Waals surface area contributed by atoms with E-state index in [4.69, 9.17) is 15.9 Å². The summed E-state index contributed by atoms with van der Waals surface area (Å²) in [5.74, 6) is -1.23. The molecule has 2 aromatic rings. The standard InChI is InChI=1S/C12H9FN4O3/c13-9-6-7(3-4-10(9)17(18)19)20-12-8(11(14)15)2-1-5-16-12/h1-6H,(H3,14,15). The summed E-state index contributed by atoms with van der Waals surface area (Å²) in [6.45, 7) is 0. The number of halogens is 1. The molecule has 3 N–H and O–H groups in total. The van der Waals surface area contributed by atoms with Crippen molar-refractivity contribution in [3.63, 3.8) is 0 Å². The number of nitro groups is 1. The average Bonchev–Trinajstić information content (AvgIpc) is 2.38. The van der Waals surface area contributed by atoms with Crippen LogP contribution in [-0.4, -0.2) is 15.7 Å². The number of pyridine rings is 1. The maximum atomic E-state index is 13.5. The van der Waals surface area contributed by atoms with E-state index in [0.717, 1.165) is 12.1 Å². The molecule has 20 heavy (non-hydrogen) atoms. The molecule has 0 spiro atoms. The van der Waals surface area contributed by atoms with E-state index in [1.807, 2.05) is 0 Å². The number of nitrogen functional groups attached to an aromatic ring is 1. The molecule has 0 fully saturated rings. The van der Waals surface area contributed by atoms with Crippen molar-refractivity contribution in [2.45, 2.75) is 0 Å². The molecular weight excluding hydrogens is 267 g/mol. The molecule has 0 aliphatic carbocycles. The smallest absolute Gasteiger partial charge is 0.305 e. The fourth-order valence-corrected chi connectivity index (χ4v) is 1.49. The maximum absolute atomic E-state index is 13.5. The van der Waals surface area contributed by atoms with Crippen LogP contribution in [0.15, 0.2) is 36.5 Å². The molecule has 0 aliphatic rings. The fraction of sp³-hybridized carbons (Fsp3) is 0. The Labute approximate surface area is 112 Å². The Kier molecular flexibility index (Phi) is 3.56. The van der Waals surface area contributed by atoms with E-state index in [0.29, 0.717) is 0 Å². The lowest BCUT2D eigenvalue weighted by atomic mass is 10.2. The number of amidine groups is 1. The van der Waals surface area contributed by atoms with Crippen LogP contribution in [0.2, 0.25) is 0 Å². The second kappa shape index (κ2) is 5.31. The predicted octanol–water partition coefficient (Wildman–Crippen LogP) is 2.21. The predicted molar refractivity (Wildman–Crippen MR) is 68.4 cm³/mol. The summed E-state index contributed by atoms with van der Waals surface area (Å²) in [5, 5.41) is 17.9. The SMILES string of the molecule is N=C(N)c1cccnc1Oc1ccc([N+](=O)[O-])c(F)c1. The highest BCUT2D eigenvalue weighted by Crippen LogP contribution is 2.27. The molecule has 102 valence electrons. The topological polar surface area (TPSA) is 115 Å². The first kappa shape index (κ1) is 13.4. The number of ether oxygens (including phenoxy) is 1. The molecule has 0 amide bonds. The Balaban J connectivity index is 2.34. The minimum absolute atomic E-state index is 0.0215. The Morgan fingerprint density at radius 3 is 2.80 bits per heavy atom. The van der Waals surface area contributed by atoms with E-state index in [-0.39, 0.29) is 23.0 Å². The van der Waals surface area contributed by atoms with E-state index < -0.39 is 16.4 Å². The number of nitro benzene ring substituents is 1. The Bertz CT molecular complexity index is 690. The van der Waals surface area contributed by atoms with Crippen molar-refractivity contribution in [2.24, 2.45) is 5.73 Å². The molecular formula is C12H9FN4O3. The second-order valence-corrected chi connectivity index (χ2v) is 3.74. The highest BCUT2D eigenvalue weighted by Gasteiger charge is 2.16. The van der Waals surface area contributed by atoms with Crippen LogP contribution in [0, 0.1) is 21.3 Å². The summed E-state index contributed by atoms with van der Waals surface area (Å²) < 4.78 is 18.7. The molecule has 0 atom stereocenters. The third-order valence-electron chi connectivity index (χ3n) is 2.39. The first-order chi connectivity index (χ1) is 9.49. The Morgan fingerprint density at radius 2 is 2.20 bits per heavy atom. The molecule has 0 radical (unpaired) electrons. The summed E-state index contributed by atoms with van der Waals surface area (Å²) in [5.41, 5.74) is 4.96. The van der Waals surface area contributed by atoms with E-state index in [1.165, 1.54) is 18.3 Å². The van der Waals surface area contributed by atoms with Crippen LogP contribution in [0.1, 0.15) is 5.56 Å². The molecule has 1 heterocycles. The fourth-order valence-electron chi connectivity index (χ4n) is 1.49. The van der Waals surface area contributed by atoms with E-state index in [1.54, 1.807) is 6.07 Å². The molecule has 0 saturated heterocycles. The van der Waals surface area contributed by atoms with Crippen molar-refractivity contribution in [3.05, 3.63) is 58.0 Å². The first-order valence-corrected chi connectivity index (χ1v) is 5.40. The van der Waals surface area contributed by atoms with Crippen molar-refractivity contribution in [2.75, 3.05) is 0 Å². The van der Waals surface area contributed by atoms with E-state index in [2.05, 4.69) is 4.98 Å². The minimum Gasteiger partial charge on any atom is -0.438 e. The van der Waals surface area contributed by atoms with Gasteiger partial charge in [-0.05, 0) is 18.2 Å². The number of hydrogen-bond donors (Lipinski definition) is 2. The summed E-state index contributed by atoms with van der Waals surface area (Å²) in [4.78, 5) is 13.6. The molecule has 0 unspecified atom stereocenters.